The second-order valence-corrected chi connectivity index (χ2v) is 5.49. The van der Waals surface area contributed by atoms with Gasteiger partial charge in [0.1, 0.15) is 5.75 Å². The molecule has 1 aromatic rings. The molecule has 2 nitrogen and oxygen atoms in total. The fourth-order valence-electron chi connectivity index (χ4n) is 1.74. The highest BCUT2D eigenvalue weighted by atomic mass is 79.9. The van der Waals surface area contributed by atoms with E-state index >= 15 is 0 Å². The number of aryl methyl sites for hydroxylation is 2. The van der Waals surface area contributed by atoms with Crippen LogP contribution in [0.4, 0.5) is 0 Å². The van der Waals surface area contributed by atoms with E-state index in [4.69, 9.17) is 4.74 Å². The number of benzene rings is 1. The van der Waals surface area contributed by atoms with Crippen molar-refractivity contribution >= 4 is 15.9 Å². The highest BCUT2D eigenvalue weighted by Crippen LogP contribution is 2.38. The van der Waals surface area contributed by atoms with Crippen molar-refractivity contribution in [3.8, 4) is 5.75 Å². The molecule has 1 fully saturated rings. The minimum Gasteiger partial charge on any atom is -0.493 e. The monoisotopic (exact) mass is 284 g/mol. The van der Waals surface area contributed by atoms with E-state index in [1.165, 1.54) is 11.1 Å². The molecule has 16 heavy (non-hydrogen) atoms. The fraction of sp³-hybridized carbons (Fsp3) is 0.538. The third-order valence-electron chi connectivity index (χ3n) is 3.07. The quantitative estimate of drug-likeness (QED) is 0.919. The summed E-state index contributed by atoms with van der Waals surface area (Å²) in [5, 5.41) is 9.67. The van der Waals surface area contributed by atoms with E-state index < -0.39 is 5.60 Å². The normalized spacial score (nSPS) is 17.2. The number of halogens is 1. The molecule has 0 unspecified atom stereocenters. The molecule has 0 aromatic heterocycles. The van der Waals surface area contributed by atoms with Crippen molar-refractivity contribution in [2.45, 2.75) is 38.7 Å². The Morgan fingerprint density at radius 1 is 1.31 bits per heavy atom. The van der Waals surface area contributed by atoms with Crippen LogP contribution in [0, 0.1) is 13.8 Å². The van der Waals surface area contributed by atoms with Gasteiger partial charge in [0.2, 0.25) is 0 Å². The molecule has 0 heterocycles. The Morgan fingerprint density at radius 3 is 2.38 bits per heavy atom. The van der Waals surface area contributed by atoms with Crippen LogP contribution in [0.25, 0.3) is 0 Å². The second-order valence-electron chi connectivity index (χ2n) is 4.69. The van der Waals surface area contributed by atoms with Gasteiger partial charge >= 0.3 is 0 Å². The summed E-state index contributed by atoms with van der Waals surface area (Å²) in [7, 11) is 0. The summed E-state index contributed by atoms with van der Waals surface area (Å²) in [6.07, 6.45) is 2.59. The fourth-order valence-corrected chi connectivity index (χ4v) is 1.97. The maximum Gasteiger partial charge on any atom is 0.119 e. The first kappa shape index (κ1) is 11.9. The molecule has 0 bridgehead atoms. The molecule has 0 spiro atoms. The van der Waals surface area contributed by atoms with Gasteiger partial charge in [0, 0.05) is 10.9 Å². The van der Waals surface area contributed by atoms with E-state index in [1.807, 2.05) is 12.1 Å². The van der Waals surface area contributed by atoms with Crippen LogP contribution < -0.4 is 4.74 Å². The third-order valence-corrected chi connectivity index (χ3v) is 4.32. The Hall–Kier alpha value is -0.540. The Morgan fingerprint density at radius 2 is 1.88 bits per heavy atom. The first-order valence-electron chi connectivity index (χ1n) is 5.62. The van der Waals surface area contributed by atoms with Crippen LogP contribution in [0.3, 0.4) is 0 Å². The van der Waals surface area contributed by atoms with Gasteiger partial charge in [-0.1, -0.05) is 15.9 Å². The zero-order valence-corrected chi connectivity index (χ0v) is 11.3. The van der Waals surface area contributed by atoms with Gasteiger partial charge in [-0.3, -0.25) is 0 Å². The van der Waals surface area contributed by atoms with Crippen molar-refractivity contribution in [2.75, 3.05) is 6.61 Å². The van der Waals surface area contributed by atoms with Gasteiger partial charge in [-0.25, -0.2) is 0 Å². The Balaban J connectivity index is 1.94. The van der Waals surface area contributed by atoms with Gasteiger partial charge in [-0.05, 0) is 49.9 Å². The number of ether oxygens (including phenoxy) is 1. The molecular weight excluding hydrogens is 268 g/mol. The van der Waals surface area contributed by atoms with Gasteiger partial charge in [-0.2, -0.15) is 0 Å². The highest BCUT2D eigenvalue weighted by molar-refractivity contribution is 9.10. The molecule has 0 amide bonds. The Labute approximate surface area is 105 Å². The van der Waals surface area contributed by atoms with Crippen molar-refractivity contribution in [3.63, 3.8) is 0 Å². The topological polar surface area (TPSA) is 29.5 Å². The van der Waals surface area contributed by atoms with Gasteiger partial charge in [0.15, 0.2) is 0 Å². The van der Waals surface area contributed by atoms with Crippen molar-refractivity contribution in [1.82, 2.24) is 0 Å². The molecule has 88 valence electrons. The van der Waals surface area contributed by atoms with Crippen molar-refractivity contribution in [1.29, 1.82) is 0 Å². The van der Waals surface area contributed by atoms with E-state index in [2.05, 4.69) is 29.8 Å². The summed E-state index contributed by atoms with van der Waals surface area (Å²) in [6.45, 7) is 4.70. The molecule has 0 saturated heterocycles. The van der Waals surface area contributed by atoms with E-state index in [9.17, 15) is 5.11 Å². The molecule has 1 aliphatic carbocycles. The predicted octanol–water partition coefficient (Wildman–Crippen LogP) is 3.36. The average molecular weight is 285 g/mol. The molecule has 1 N–H and O–H groups in total. The van der Waals surface area contributed by atoms with Crippen LogP contribution in [0.15, 0.2) is 16.6 Å². The SMILES string of the molecule is Cc1cc(OCCC2(O)CC2)cc(C)c1Br. The summed E-state index contributed by atoms with van der Waals surface area (Å²) in [5.74, 6) is 0.891. The van der Waals surface area contributed by atoms with E-state index in [1.54, 1.807) is 0 Å². The lowest BCUT2D eigenvalue weighted by atomic mass is 10.1. The number of hydrogen-bond acceptors (Lipinski definition) is 2. The zero-order valence-electron chi connectivity index (χ0n) is 9.72. The summed E-state index contributed by atoms with van der Waals surface area (Å²) in [4.78, 5) is 0. The standard InChI is InChI=1S/C13H17BrO2/c1-9-7-11(8-10(2)12(9)14)16-6-5-13(15)3-4-13/h7-8,15H,3-6H2,1-2H3. The van der Waals surface area contributed by atoms with Gasteiger partial charge < -0.3 is 9.84 Å². The molecular formula is C13H17BrO2. The molecule has 1 aromatic carbocycles. The van der Waals surface area contributed by atoms with Crippen LogP contribution in [0.1, 0.15) is 30.4 Å². The van der Waals surface area contributed by atoms with E-state index in [0.717, 1.165) is 29.5 Å². The third kappa shape index (κ3) is 2.77. The predicted molar refractivity (Wildman–Crippen MR) is 67.9 cm³/mol. The summed E-state index contributed by atoms with van der Waals surface area (Å²) in [6, 6.07) is 4.04. The number of hydrogen-bond donors (Lipinski definition) is 1. The maximum atomic E-state index is 9.67. The maximum absolute atomic E-state index is 9.67. The van der Waals surface area contributed by atoms with Gasteiger partial charge in [0.25, 0.3) is 0 Å². The molecule has 0 radical (unpaired) electrons. The number of rotatable bonds is 4. The second kappa shape index (κ2) is 4.38. The Kier molecular flexibility index (Phi) is 3.27. The smallest absolute Gasteiger partial charge is 0.119 e. The highest BCUT2D eigenvalue weighted by Gasteiger charge is 2.39. The molecule has 2 rings (SSSR count). The van der Waals surface area contributed by atoms with Crippen LogP contribution in [0.2, 0.25) is 0 Å². The van der Waals surface area contributed by atoms with Crippen LogP contribution in [-0.2, 0) is 0 Å². The Bertz CT molecular complexity index is 374. The molecule has 0 atom stereocenters. The van der Waals surface area contributed by atoms with Crippen LogP contribution >= 0.6 is 15.9 Å². The minimum atomic E-state index is -0.417. The van der Waals surface area contributed by atoms with E-state index in [-0.39, 0.29) is 0 Å². The lowest BCUT2D eigenvalue weighted by Gasteiger charge is -2.12. The molecule has 1 aliphatic rings. The number of aliphatic hydroxyl groups is 1. The lowest BCUT2D eigenvalue weighted by molar-refractivity contribution is 0.117. The van der Waals surface area contributed by atoms with Gasteiger partial charge in [-0.15, -0.1) is 0 Å². The van der Waals surface area contributed by atoms with Crippen LogP contribution in [0.5, 0.6) is 5.75 Å². The molecule has 1 saturated carbocycles. The summed E-state index contributed by atoms with van der Waals surface area (Å²) < 4.78 is 6.80. The summed E-state index contributed by atoms with van der Waals surface area (Å²) in [5.41, 5.74) is 1.94. The molecule has 0 aliphatic heterocycles. The van der Waals surface area contributed by atoms with Crippen molar-refractivity contribution in [3.05, 3.63) is 27.7 Å². The van der Waals surface area contributed by atoms with Gasteiger partial charge in [0.05, 0.1) is 12.2 Å². The van der Waals surface area contributed by atoms with E-state index in [0.29, 0.717) is 6.61 Å². The largest absolute Gasteiger partial charge is 0.493 e. The first-order valence-corrected chi connectivity index (χ1v) is 6.41. The van der Waals surface area contributed by atoms with Crippen molar-refractivity contribution < 1.29 is 9.84 Å². The molecule has 3 heteroatoms. The van der Waals surface area contributed by atoms with Crippen LogP contribution in [-0.4, -0.2) is 17.3 Å². The average Bonchev–Trinajstić information content (AvgIpc) is 2.93. The van der Waals surface area contributed by atoms with Crippen molar-refractivity contribution in [2.24, 2.45) is 0 Å². The zero-order chi connectivity index (χ0) is 11.8. The lowest BCUT2D eigenvalue weighted by Crippen LogP contribution is -2.12. The summed E-state index contributed by atoms with van der Waals surface area (Å²) >= 11 is 3.53. The first-order chi connectivity index (χ1) is 7.50. The minimum absolute atomic E-state index is 0.417.